The van der Waals surface area contributed by atoms with Gasteiger partial charge in [0.1, 0.15) is 0 Å². The summed E-state index contributed by atoms with van der Waals surface area (Å²) in [5.41, 5.74) is 0.263. The summed E-state index contributed by atoms with van der Waals surface area (Å²) in [4.78, 5) is 13.8. The van der Waals surface area contributed by atoms with Crippen LogP contribution in [0, 0.1) is 5.92 Å². The van der Waals surface area contributed by atoms with E-state index in [1.165, 1.54) is 32.8 Å². The van der Waals surface area contributed by atoms with Gasteiger partial charge in [-0.05, 0) is 56.8 Å². The highest BCUT2D eigenvalue weighted by Crippen LogP contribution is 2.32. The molecule has 3 rings (SSSR count). The molecule has 1 saturated heterocycles. The number of piperidine rings is 1. The molecule has 1 saturated carbocycles. The smallest absolute Gasteiger partial charge is 0.358 e. The molecule has 1 aromatic heterocycles. The van der Waals surface area contributed by atoms with Gasteiger partial charge in [0.15, 0.2) is 11.5 Å². The van der Waals surface area contributed by atoms with E-state index in [2.05, 4.69) is 25.2 Å². The molecule has 0 amide bonds. The quantitative estimate of drug-likeness (QED) is 0.823. The predicted octanol–water partition coefficient (Wildman–Crippen LogP) is 1.23. The van der Waals surface area contributed by atoms with E-state index in [1.807, 2.05) is 6.07 Å². The highest BCUT2D eigenvalue weighted by atomic mass is 16.5. The summed E-state index contributed by atoms with van der Waals surface area (Å²) in [5.74, 6) is 1.16. The third-order valence-electron chi connectivity index (χ3n) is 4.24. The number of carbonyl (C=O) groups is 1. The van der Waals surface area contributed by atoms with Gasteiger partial charge in [-0.1, -0.05) is 0 Å². The van der Waals surface area contributed by atoms with Crippen LogP contribution in [0.15, 0.2) is 12.1 Å². The van der Waals surface area contributed by atoms with E-state index in [0.717, 1.165) is 25.5 Å². The molecule has 2 fully saturated rings. The normalized spacial score (nSPS) is 19.3. The van der Waals surface area contributed by atoms with Gasteiger partial charge < -0.3 is 15.0 Å². The van der Waals surface area contributed by atoms with Gasteiger partial charge in [0.25, 0.3) is 0 Å². The van der Waals surface area contributed by atoms with Gasteiger partial charge in [-0.3, -0.25) is 0 Å². The number of hydrogen-bond donors (Lipinski definition) is 1. The molecular formula is C15H22N4O2. The fourth-order valence-electron chi connectivity index (χ4n) is 2.85. The molecule has 6 nitrogen and oxygen atoms in total. The van der Waals surface area contributed by atoms with Crippen molar-refractivity contribution in [1.29, 1.82) is 0 Å². The topological polar surface area (TPSA) is 67.3 Å². The monoisotopic (exact) mass is 290 g/mol. The molecular weight excluding hydrogens is 268 g/mol. The molecule has 2 heterocycles. The Bertz CT molecular complexity index is 481. The Hall–Kier alpha value is -1.69. The van der Waals surface area contributed by atoms with Crippen LogP contribution in [0.25, 0.3) is 0 Å². The van der Waals surface area contributed by atoms with E-state index in [9.17, 15) is 4.79 Å². The molecule has 0 radical (unpaired) electrons. The molecule has 114 valence electrons. The van der Waals surface area contributed by atoms with Crippen molar-refractivity contribution in [1.82, 2.24) is 15.5 Å². The molecule has 0 bridgehead atoms. The van der Waals surface area contributed by atoms with E-state index in [-0.39, 0.29) is 5.69 Å². The van der Waals surface area contributed by atoms with E-state index >= 15 is 0 Å². The first-order chi connectivity index (χ1) is 10.3. The third kappa shape index (κ3) is 3.50. The van der Waals surface area contributed by atoms with Crippen LogP contribution in [0.1, 0.15) is 36.2 Å². The Balaban J connectivity index is 1.69. The average Bonchev–Trinajstić information content (AvgIpc) is 3.38. The number of anilines is 1. The van der Waals surface area contributed by atoms with Crippen LogP contribution in [0.3, 0.4) is 0 Å². The van der Waals surface area contributed by atoms with Crippen molar-refractivity contribution in [2.24, 2.45) is 5.92 Å². The fraction of sp³-hybridized carbons (Fsp3) is 0.667. The highest BCUT2D eigenvalue weighted by Gasteiger charge is 2.32. The number of rotatable bonds is 5. The zero-order valence-electron chi connectivity index (χ0n) is 12.4. The molecule has 2 aliphatic rings. The minimum Gasteiger partial charge on any atom is -0.464 e. The van der Waals surface area contributed by atoms with E-state index < -0.39 is 5.97 Å². The lowest BCUT2D eigenvalue weighted by Gasteiger charge is -2.30. The summed E-state index contributed by atoms with van der Waals surface area (Å²) in [6.45, 7) is 3.25. The highest BCUT2D eigenvalue weighted by molar-refractivity contribution is 5.86. The zero-order chi connectivity index (χ0) is 14.7. The number of esters is 1. The van der Waals surface area contributed by atoms with Gasteiger partial charge in [-0.15, -0.1) is 10.2 Å². The Morgan fingerprint density at radius 2 is 2.05 bits per heavy atom. The van der Waals surface area contributed by atoms with Crippen LogP contribution < -0.4 is 10.2 Å². The van der Waals surface area contributed by atoms with Crippen LogP contribution in [0.5, 0.6) is 0 Å². The molecule has 1 aliphatic carbocycles. The van der Waals surface area contributed by atoms with Gasteiger partial charge >= 0.3 is 5.97 Å². The van der Waals surface area contributed by atoms with Gasteiger partial charge in [-0.2, -0.15) is 0 Å². The first-order valence-electron chi connectivity index (χ1n) is 7.67. The first-order valence-corrected chi connectivity index (χ1v) is 7.67. The Kier molecular flexibility index (Phi) is 4.34. The molecule has 0 spiro atoms. The lowest BCUT2D eigenvalue weighted by atomic mass is 9.97. The van der Waals surface area contributed by atoms with Gasteiger partial charge in [-0.25, -0.2) is 4.79 Å². The van der Waals surface area contributed by atoms with E-state index in [0.29, 0.717) is 12.0 Å². The fourth-order valence-corrected chi connectivity index (χ4v) is 2.85. The van der Waals surface area contributed by atoms with Crippen LogP contribution in [-0.4, -0.2) is 49.0 Å². The molecule has 0 aromatic carbocycles. The van der Waals surface area contributed by atoms with Gasteiger partial charge in [0.05, 0.1) is 7.11 Å². The number of aromatic nitrogens is 2. The summed E-state index contributed by atoms with van der Waals surface area (Å²) in [5, 5.41) is 11.6. The summed E-state index contributed by atoms with van der Waals surface area (Å²) >= 11 is 0. The third-order valence-corrected chi connectivity index (χ3v) is 4.24. The van der Waals surface area contributed by atoms with Crippen molar-refractivity contribution in [2.75, 3.05) is 31.6 Å². The molecule has 1 aliphatic heterocycles. The Morgan fingerprint density at radius 3 is 2.62 bits per heavy atom. The zero-order valence-corrected chi connectivity index (χ0v) is 12.4. The lowest BCUT2D eigenvalue weighted by molar-refractivity contribution is 0.0592. The van der Waals surface area contributed by atoms with Crippen LogP contribution in [0.2, 0.25) is 0 Å². The van der Waals surface area contributed by atoms with Crippen LogP contribution in [-0.2, 0) is 4.74 Å². The maximum atomic E-state index is 11.4. The number of nitrogens with zero attached hydrogens (tertiary/aromatic N) is 3. The van der Waals surface area contributed by atoms with Crippen molar-refractivity contribution >= 4 is 11.8 Å². The van der Waals surface area contributed by atoms with Crippen molar-refractivity contribution < 1.29 is 9.53 Å². The molecule has 21 heavy (non-hydrogen) atoms. The predicted molar refractivity (Wildman–Crippen MR) is 79.3 cm³/mol. The van der Waals surface area contributed by atoms with Crippen LogP contribution >= 0.6 is 0 Å². The van der Waals surface area contributed by atoms with Crippen LogP contribution in [0.4, 0.5) is 5.82 Å². The van der Waals surface area contributed by atoms with Crippen molar-refractivity contribution in [2.45, 2.75) is 31.7 Å². The second kappa shape index (κ2) is 6.39. The van der Waals surface area contributed by atoms with Crippen molar-refractivity contribution in [3.8, 4) is 0 Å². The largest absolute Gasteiger partial charge is 0.464 e. The van der Waals surface area contributed by atoms with E-state index in [1.54, 1.807) is 6.07 Å². The minimum absolute atomic E-state index is 0.263. The summed E-state index contributed by atoms with van der Waals surface area (Å²) in [6.07, 6.45) is 4.89. The number of ether oxygens (including phenoxy) is 1. The van der Waals surface area contributed by atoms with E-state index in [4.69, 9.17) is 0 Å². The summed E-state index contributed by atoms with van der Waals surface area (Å²) in [7, 11) is 1.35. The minimum atomic E-state index is -0.439. The van der Waals surface area contributed by atoms with Crippen molar-refractivity contribution in [3.63, 3.8) is 0 Å². The second-order valence-corrected chi connectivity index (χ2v) is 5.85. The maximum absolute atomic E-state index is 11.4. The second-order valence-electron chi connectivity index (χ2n) is 5.85. The standard InChI is InChI=1S/C15H22N4O2/c1-21-15(20)13-4-5-14(18-17-13)19(12-2-3-12)10-11-6-8-16-9-7-11/h4-5,11-12,16H,2-3,6-10H2,1H3. The lowest BCUT2D eigenvalue weighted by Crippen LogP contribution is -2.37. The SMILES string of the molecule is COC(=O)c1ccc(N(CC2CCNCC2)C2CC2)nn1. The average molecular weight is 290 g/mol. The molecule has 1 aromatic rings. The summed E-state index contributed by atoms with van der Waals surface area (Å²) in [6, 6.07) is 4.18. The first kappa shape index (κ1) is 14.3. The van der Waals surface area contributed by atoms with Crippen molar-refractivity contribution in [3.05, 3.63) is 17.8 Å². The number of methoxy groups -OCH3 is 1. The Labute approximate surface area is 124 Å². The summed E-state index contributed by atoms with van der Waals surface area (Å²) < 4.78 is 4.66. The number of nitrogens with one attached hydrogen (secondary N) is 1. The van der Waals surface area contributed by atoms with Gasteiger partial charge in [0, 0.05) is 12.6 Å². The Morgan fingerprint density at radius 1 is 1.29 bits per heavy atom. The maximum Gasteiger partial charge on any atom is 0.358 e. The molecule has 6 heteroatoms. The van der Waals surface area contributed by atoms with Gasteiger partial charge in [0.2, 0.25) is 0 Å². The number of carbonyl (C=O) groups excluding carboxylic acids is 1. The molecule has 0 unspecified atom stereocenters. The molecule has 0 atom stereocenters. The molecule has 1 N–H and O–H groups in total. The number of hydrogen-bond acceptors (Lipinski definition) is 6.